The highest BCUT2D eigenvalue weighted by molar-refractivity contribution is 8.19. The zero-order chi connectivity index (χ0) is 9.19. The van der Waals surface area contributed by atoms with Gasteiger partial charge in [-0.3, -0.25) is 0 Å². The maximum atomic E-state index is 10.7. The fraction of sp³-hybridized carbons (Fsp3) is 0.143. The van der Waals surface area contributed by atoms with Gasteiger partial charge in [0.05, 0.1) is 7.11 Å². The Bertz CT molecular complexity index is 251. The average Bonchev–Trinajstić information content (AvgIpc) is 2.03. The first-order chi connectivity index (χ1) is 5.54. The summed E-state index contributed by atoms with van der Waals surface area (Å²) >= 11 is 0. The molecule has 0 aliphatic heterocycles. The van der Waals surface area contributed by atoms with Crippen LogP contribution in [-0.2, 0) is 0 Å². The van der Waals surface area contributed by atoms with E-state index in [0.29, 0.717) is 5.75 Å². The number of methoxy groups -OCH3 is 1. The molecule has 0 spiro atoms. The highest BCUT2D eigenvalue weighted by Gasteiger charge is 2.04. The summed E-state index contributed by atoms with van der Waals surface area (Å²) in [7, 11) is -2.34. The Morgan fingerprint density at radius 2 is 1.75 bits per heavy atom. The van der Waals surface area contributed by atoms with Crippen LogP contribution in [0.1, 0.15) is 0 Å². The van der Waals surface area contributed by atoms with E-state index in [2.05, 4.69) is 0 Å². The Morgan fingerprint density at radius 1 is 1.25 bits per heavy atom. The van der Waals surface area contributed by atoms with Gasteiger partial charge in [0.1, 0.15) is 5.75 Å². The monoisotopic (exact) mass is 189 g/mol. The van der Waals surface area contributed by atoms with Crippen LogP contribution in [0.4, 0.5) is 0 Å². The first kappa shape index (κ1) is 9.34. The van der Waals surface area contributed by atoms with Crippen molar-refractivity contribution < 1.29 is 18.4 Å². The van der Waals surface area contributed by atoms with Crippen molar-refractivity contribution in [3.05, 3.63) is 24.3 Å². The molecule has 0 saturated heterocycles. The van der Waals surface area contributed by atoms with E-state index in [1.807, 2.05) is 0 Å². The summed E-state index contributed by atoms with van der Waals surface area (Å²) in [6.07, 6.45) is 0. The smallest absolute Gasteiger partial charge is 0.118 e. The summed E-state index contributed by atoms with van der Waals surface area (Å²) in [5.41, 5.74) is 0. The Labute approximate surface area is 72.0 Å². The van der Waals surface area contributed by atoms with Crippen molar-refractivity contribution in [1.29, 1.82) is 0 Å². The molecule has 0 aliphatic rings. The fourth-order valence-corrected chi connectivity index (χ4v) is 1.24. The SMILES string of the molecule is COc1ccc(S([O-])(O)O)cc1. The lowest BCUT2D eigenvalue weighted by Gasteiger charge is -2.33. The molecule has 0 unspecified atom stereocenters. The van der Waals surface area contributed by atoms with Crippen molar-refractivity contribution in [1.82, 2.24) is 0 Å². The summed E-state index contributed by atoms with van der Waals surface area (Å²) in [5, 5.41) is 0. The lowest BCUT2D eigenvalue weighted by atomic mass is 10.3. The molecule has 0 aliphatic carbocycles. The molecule has 0 bridgehead atoms. The molecule has 0 saturated carbocycles. The summed E-state index contributed by atoms with van der Waals surface area (Å²) < 4.78 is 32.9. The molecule has 0 aromatic heterocycles. The predicted octanol–water partition coefficient (Wildman–Crippen LogP) is 1.94. The van der Waals surface area contributed by atoms with Crippen molar-refractivity contribution in [2.24, 2.45) is 0 Å². The Morgan fingerprint density at radius 3 is 2.08 bits per heavy atom. The average molecular weight is 189 g/mol. The van der Waals surface area contributed by atoms with Gasteiger partial charge in [-0.05, 0) is 24.3 Å². The molecular weight excluding hydrogens is 180 g/mol. The van der Waals surface area contributed by atoms with Crippen molar-refractivity contribution in [2.75, 3.05) is 7.11 Å². The summed E-state index contributed by atoms with van der Waals surface area (Å²) in [4.78, 5) is -0.0247. The molecule has 0 fully saturated rings. The van der Waals surface area contributed by atoms with E-state index in [-0.39, 0.29) is 4.90 Å². The van der Waals surface area contributed by atoms with E-state index in [4.69, 9.17) is 13.8 Å². The van der Waals surface area contributed by atoms with E-state index >= 15 is 0 Å². The van der Waals surface area contributed by atoms with Crippen LogP contribution in [-0.4, -0.2) is 20.8 Å². The normalized spacial score (nSPS) is 12.7. The van der Waals surface area contributed by atoms with Crippen molar-refractivity contribution in [3.8, 4) is 5.75 Å². The standard InChI is InChI=1S/C7H10O4S/c1-11-6-2-4-7(5-3-6)12(8,9)10/h2-5,8-10H,1H3/p-1. The van der Waals surface area contributed by atoms with Crippen LogP contribution in [0.3, 0.4) is 0 Å². The molecule has 0 atom stereocenters. The number of ether oxygens (including phenoxy) is 1. The van der Waals surface area contributed by atoms with Crippen LogP contribution >= 0.6 is 10.9 Å². The molecule has 0 amide bonds. The van der Waals surface area contributed by atoms with Gasteiger partial charge in [0.15, 0.2) is 0 Å². The maximum Gasteiger partial charge on any atom is 0.118 e. The van der Waals surface area contributed by atoms with Crippen LogP contribution < -0.4 is 4.74 Å². The minimum Gasteiger partial charge on any atom is -0.769 e. The van der Waals surface area contributed by atoms with Gasteiger partial charge in [-0.2, -0.15) is 0 Å². The van der Waals surface area contributed by atoms with Crippen molar-refractivity contribution >= 4 is 10.9 Å². The molecule has 0 radical (unpaired) electrons. The highest BCUT2D eigenvalue weighted by atomic mass is 32.3. The summed E-state index contributed by atoms with van der Waals surface area (Å²) in [6.45, 7) is 0. The number of hydrogen-bond acceptors (Lipinski definition) is 4. The van der Waals surface area contributed by atoms with E-state index < -0.39 is 10.9 Å². The molecule has 1 rings (SSSR count). The minimum atomic E-state index is -3.83. The number of benzene rings is 1. The van der Waals surface area contributed by atoms with E-state index in [0.717, 1.165) is 0 Å². The summed E-state index contributed by atoms with van der Waals surface area (Å²) in [6, 6.07) is 5.67. The van der Waals surface area contributed by atoms with Gasteiger partial charge in [-0.25, -0.2) is 0 Å². The molecule has 0 heterocycles. The number of rotatable bonds is 2. The molecule has 2 N–H and O–H groups in total. The van der Waals surface area contributed by atoms with E-state index in [1.165, 1.54) is 31.4 Å². The Kier molecular flexibility index (Phi) is 2.58. The van der Waals surface area contributed by atoms with E-state index in [9.17, 15) is 4.55 Å². The van der Waals surface area contributed by atoms with Gasteiger partial charge in [-0.15, -0.1) is 0 Å². The Hall–Kier alpha value is -0.750. The van der Waals surface area contributed by atoms with Crippen molar-refractivity contribution in [2.45, 2.75) is 4.90 Å². The zero-order valence-corrected chi connectivity index (χ0v) is 7.25. The first-order valence-corrected chi connectivity index (χ1v) is 4.64. The van der Waals surface area contributed by atoms with Gasteiger partial charge in [0, 0.05) is 4.90 Å². The molecule has 5 heteroatoms. The summed E-state index contributed by atoms with van der Waals surface area (Å²) in [5.74, 6) is 0.572. The topological polar surface area (TPSA) is 72.8 Å². The first-order valence-electron chi connectivity index (χ1n) is 3.17. The van der Waals surface area contributed by atoms with Crippen LogP contribution in [0, 0.1) is 0 Å². The number of hydrogen-bond donors (Lipinski definition) is 2. The lowest BCUT2D eigenvalue weighted by molar-refractivity contribution is 0.360. The van der Waals surface area contributed by atoms with Crippen LogP contribution in [0.2, 0.25) is 0 Å². The molecule has 12 heavy (non-hydrogen) atoms. The molecule has 1 aromatic carbocycles. The highest BCUT2D eigenvalue weighted by Crippen LogP contribution is 2.43. The zero-order valence-electron chi connectivity index (χ0n) is 6.43. The van der Waals surface area contributed by atoms with Gasteiger partial charge < -0.3 is 18.4 Å². The molecule has 1 aromatic rings. The third-order valence-corrected chi connectivity index (χ3v) is 2.25. The van der Waals surface area contributed by atoms with Crippen LogP contribution in [0.25, 0.3) is 0 Å². The largest absolute Gasteiger partial charge is 0.769 e. The lowest BCUT2D eigenvalue weighted by Crippen LogP contribution is -1.95. The predicted molar refractivity (Wildman–Crippen MR) is 44.9 cm³/mol. The third kappa shape index (κ3) is 2.12. The maximum absolute atomic E-state index is 10.7. The Balaban J connectivity index is 2.93. The quantitative estimate of drug-likeness (QED) is 0.745. The minimum absolute atomic E-state index is 0.0247. The second kappa shape index (κ2) is 3.32. The molecule has 4 nitrogen and oxygen atoms in total. The van der Waals surface area contributed by atoms with Gasteiger partial charge in [0.2, 0.25) is 0 Å². The van der Waals surface area contributed by atoms with Crippen molar-refractivity contribution in [3.63, 3.8) is 0 Å². The molecule has 68 valence electrons. The second-order valence-electron chi connectivity index (χ2n) is 2.17. The fourth-order valence-electron chi connectivity index (χ4n) is 0.753. The van der Waals surface area contributed by atoms with Crippen LogP contribution in [0.5, 0.6) is 5.75 Å². The van der Waals surface area contributed by atoms with Gasteiger partial charge in [0.25, 0.3) is 0 Å². The second-order valence-corrected chi connectivity index (χ2v) is 3.64. The van der Waals surface area contributed by atoms with Crippen LogP contribution in [0.15, 0.2) is 29.2 Å². The van der Waals surface area contributed by atoms with Gasteiger partial charge in [-0.1, -0.05) is 10.9 Å². The third-order valence-electron chi connectivity index (χ3n) is 1.37. The van der Waals surface area contributed by atoms with E-state index in [1.54, 1.807) is 0 Å². The molecular formula is C7H9O4S-. The van der Waals surface area contributed by atoms with Gasteiger partial charge >= 0.3 is 0 Å².